The zero-order valence-electron chi connectivity index (χ0n) is 11.5. The molecule has 1 fully saturated rings. The van der Waals surface area contributed by atoms with Crippen LogP contribution in [0.3, 0.4) is 0 Å². The standard InChI is InChI=1S/C16H24O2/c1-13-3-5-14(6-4-13)15-7-9-16(10-8-15)18-12-11-17-2/h7-10,13-14H,3-6,11-12H2,1-2H3/t13-,14-. The molecule has 2 nitrogen and oxygen atoms in total. The number of hydrogen-bond donors (Lipinski definition) is 0. The second-order valence-corrected chi connectivity index (χ2v) is 5.37. The van der Waals surface area contributed by atoms with Crippen LogP contribution in [0.25, 0.3) is 0 Å². The summed E-state index contributed by atoms with van der Waals surface area (Å²) in [7, 11) is 1.69. The third-order valence-corrected chi connectivity index (χ3v) is 3.92. The van der Waals surface area contributed by atoms with Crippen LogP contribution in [0.2, 0.25) is 0 Å². The fraction of sp³-hybridized carbons (Fsp3) is 0.625. The van der Waals surface area contributed by atoms with Gasteiger partial charge in [0.2, 0.25) is 0 Å². The number of methoxy groups -OCH3 is 1. The fourth-order valence-corrected chi connectivity index (χ4v) is 2.67. The topological polar surface area (TPSA) is 18.5 Å². The SMILES string of the molecule is COCCOc1ccc([C@H]2CC[C@H](C)CC2)cc1. The van der Waals surface area contributed by atoms with Gasteiger partial charge in [-0.25, -0.2) is 0 Å². The lowest BCUT2D eigenvalue weighted by Crippen LogP contribution is -2.10. The number of benzene rings is 1. The molecule has 0 bridgehead atoms. The largest absolute Gasteiger partial charge is 0.491 e. The number of hydrogen-bond acceptors (Lipinski definition) is 2. The van der Waals surface area contributed by atoms with Crippen molar-refractivity contribution in [3.8, 4) is 5.75 Å². The van der Waals surface area contributed by atoms with Crippen LogP contribution in [-0.4, -0.2) is 20.3 Å². The number of ether oxygens (including phenoxy) is 2. The molecule has 2 rings (SSSR count). The minimum Gasteiger partial charge on any atom is -0.491 e. The molecule has 18 heavy (non-hydrogen) atoms. The Morgan fingerprint density at radius 3 is 2.28 bits per heavy atom. The maximum Gasteiger partial charge on any atom is 0.119 e. The van der Waals surface area contributed by atoms with Gasteiger partial charge in [0.05, 0.1) is 6.61 Å². The smallest absolute Gasteiger partial charge is 0.119 e. The second-order valence-electron chi connectivity index (χ2n) is 5.37. The molecule has 0 atom stereocenters. The molecule has 1 aromatic carbocycles. The summed E-state index contributed by atoms with van der Waals surface area (Å²) >= 11 is 0. The highest BCUT2D eigenvalue weighted by molar-refractivity contribution is 5.29. The van der Waals surface area contributed by atoms with Crippen LogP contribution in [0, 0.1) is 5.92 Å². The van der Waals surface area contributed by atoms with Crippen molar-refractivity contribution in [3.63, 3.8) is 0 Å². The lowest BCUT2D eigenvalue weighted by molar-refractivity contribution is 0.146. The molecule has 0 aromatic heterocycles. The molecule has 2 heteroatoms. The predicted molar refractivity (Wildman–Crippen MR) is 74.2 cm³/mol. The molecule has 0 unspecified atom stereocenters. The second kappa shape index (κ2) is 6.79. The van der Waals surface area contributed by atoms with E-state index in [0.717, 1.165) is 17.6 Å². The lowest BCUT2D eigenvalue weighted by atomic mass is 9.79. The van der Waals surface area contributed by atoms with Gasteiger partial charge in [0.25, 0.3) is 0 Å². The molecule has 0 aliphatic heterocycles. The Labute approximate surface area is 110 Å². The molecular weight excluding hydrogens is 224 g/mol. The summed E-state index contributed by atoms with van der Waals surface area (Å²) in [5.41, 5.74) is 1.47. The molecular formula is C16H24O2. The van der Waals surface area contributed by atoms with Crippen LogP contribution >= 0.6 is 0 Å². The molecule has 0 spiro atoms. The average Bonchev–Trinajstić information content (AvgIpc) is 2.41. The van der Waals surface area contributed by atoms with Crippen molar-refractivity contribution >= 4 is 0 Å². The van der Waals surface area contributed by atoms with Crippen molar-refractivity contribution in [1.29, 1.82) is 0 Å². The summed E-state index contributed by atoms with van der Waals surface area (Å²) < 4.78 is 10.5. The first-order valence-electron chi connectivity index (χ1n) is 7.01. The van der Waals surface area contributed by atoms with E-state index in [1.807, 2.05) is 0 Å². The molecule has 0 amide bonds. The van der Waals surface area contributed by atoms with Crippen LogP contribution in [-0.2, 0) is 4.74 Å². The quantitative estimate of drug-likeness (QED) is 0.733. The molecule has 0 heterocycles. The molecule has 0 radical (unpaired) electrons. The van der Waals surface area contributed by atoms with Crippen molar-refractivity contribution < 1.29 is 9.47 Å². The van der Waals surface area contributed by atoms with Gasteiger partial charge in [-0.2, -0.15) is 0 Å². The summed E-state index contributed by atoms with van der Waals surface area (Å²) in [4.78, 5) is 0. The van der Waals surface area contributed by atoms with Gasteiger partial charge in [-0.3, -0.25) is 0 Å². The van der Waals surface area contributed by atoms with Gasteiger partial charge in [-0.15, -0.1) is 0 Å². The Morgan fingerprint density at radius 1 is 1.00 bits per heavy atom. The average molecular weight is 248 g/mol. The van der Waals surface area contributed by atoms with E-state index in [-0.39, 0.29) is 0 Å². The van der Waals surface area contributed by atoms with E-state index in [1.165, 1.54) is 31.2 Å². The van der Waals surface area contributed by atoms with Gasteiger partial charge >= 0.3 is 0 Å². The maximum atomic E-state index is 5.58. The Bertz CT molecular complexity index is 337. The normalized spacial score (nSPS) is 23.9. The first kappa shape index (κ1) is 13.4. The Morgan fingerprint density at radius 2 is 1.67 bits per heavy atom. The summed E-state index contributed by atoms with van der Waals surface area (Å²) in [6.07, 6.45) is 5.42. The van der Waals surface area contributed by atoms with Crippen molar-refractivity contribution in [2.75, 3.05) is 20.3 Å². The first-order chi connectivity index (χ1) is 8.79. The van der Waals surface area contributed by atoms with Crippen molar-refractivity contribution in [1.82, 2.24) is 0 Å². The van der Waals surface area contributed by atoms with E-state index in [9.17, 15) is 0 Å². The van der Waals surface area contributed by atoms with Crippen LogP contribution in [0.15, 0.2) is 24.3 Å². The summed E-state index contributed by atoms with van der Waals surface area (Å²) in [6, 6.07) is 8.62. The highest BCUT2D eigenvalue weighted by Gasteiger charge is 2.19. The number of rotatable bonds is 5. The van der Waals surface area contributed by atoms with Crippen molar-refractivity contribution in [3.05, 3.63) is 29.8 Å². The predicted octanol–water partition coefficient (Wildman–Crippen LogP) is 4.01. The minimum atomic E-state index is 0.622. The van der Waals surface area contributed by atoms with Crippen molar-refractivity contribution in [2.45, 2.75) is 38.5 Å². The molecule has 1 aliphatic carbocycles. The monoisotopic (exact) mass is 248 g/mol. The highest BCUT2D eigenvalue weighted by atomic mass is 16.5. The van der Waals surface area contributed by atoms with Gasteiger partial charge in [0.15, 0.2) is 0 Å². The third kappa shape index (κ3) is 3.74. The zero-order chi connectivity index (χ0) is 12.8. The first-order valence-corrected chi connectivity index (χ1v) is 7.01. The Hall–Kier alpha value is -1.02. The van der Waals surface area contributed by atoms with Crippen molar-refractivity contribution in [2.24, 2.45) is 5.92 Å². The van der Waals surface area contributed by atoms with E-state index in [2.05, 4.69) is 31.2 Å². The van der Waals surface area contributed by atoms with Crippen LogP contribution in [0.5, 0.6) is 5.75 Å². The van der Waals surface area contributed by atoms with Crippen LogP contribution in [0.1, 0.15) is 44.1 Å². The summed E-state index contributed by atoms with van der Waals surface area (Å²) in [5, 5.41) is 0. The van der Waals surface area contributed by atoms with Gasteiger partial charge in [-0.1, -0.05) is 31.9 Å². The zero-order valence-corrected chi connectivity index (χ0v) is 11.5. The third-order valence-electron chi connectivity index (χ3n) is 3.92. The molecule has 0 N–H and O–H groups in total. The minimum absolute atomic E-state index is 0.622. The molecule has 1 aromatic rings. The highest BCUT2D eigenvalue weighted by Crippen LogP contribution is 2.35. The van der Waals surface area contributed by atoms with E-state index in [4.69, 9.17) is 9.47 Å². The molecule has 0 saturated heterocycles. The van der Waals surface area contributed by atoms with Gasteiger partial charge in [0.1, 0.15) is 12.4 Å². The van der Waals surface area contributed by atoms with Gasteiger partial charge in [0, 0.05) is 7.11 Å². The maximum absolute atomic E-state index is 5.58. The van der Waals surface area contributed by atoms with Gasteiger partial charge < -0.3 is 9.47 Å². The molecule has 1 aliphatic rings. The van der Waals surface area contributed by atoms with E-state index in [1.54, 1.807) is 7.11 Å². The van der Waals surface area contributed by atoms with E-state index < -0.39 is 0 Å². The summed E-state index contributed by atoms with van der Waals surface area (Å²) in [5.74, 6) is 2.62. The Balaban J connectivity index is 1.87. The molecule has 100 valence electrons. The van der Waals surface area contributed by atoms with E-state index >= 15 is 0 Å². The van der Waals surface area contributed by atoms with Crippen LogP contribution in [0.4, 0.5) is 0 Å². The van der Waals surface area contributed by atoms with Crippen LogP contribution < -0.4 is 4.74 Å². The Kier molecular flexibility index (Phi) is 5.06. The lowest BCUT2D eigenvalue weighted by Gasteiger charge is -2.26. The molecule has 1 saturated carbocycles. The van der Waals surface area contributed by atoms with Gasteiger partial charge in [-0.05, 0) is 42.4 Å². The summed E-state index contributed by atoms with van der Waals surface area (Å²) in [6.45, 7) is 3.63. The fourth-order valence-electron chi connectivity index (χ4n) is 2.67. The van der Waals surface area contributed by atoms with E-state index in [0.29, 0.717) is 13.2 Å².